The van der Waals surface area contributed by atoms with Crippen LogP contribution in [-0.2, 0) is 35.5 Å². The predicted octanol–water partition coefficient (Wildman–Crippen LogP) is 2.56. The molecule has 23 heavy (non-hydrogen) atoms. The number of likely N-dealkylation sites (tertiary alicyclic amines) is 1. The van der Waals surface area contributed by atoms with Gasteiger partial charge in [-0.2, -0.15) is 5.10 Å². The monoisotopic (exact) mass is 319 g/mol. The molecule has 0 aliphatic carbocycles. The lowest BCUT2D eigenvalue weighted by atomic mass is 9.98. The molecule has 0 radical (unpaired) electrons. The number of rotatable bonds is 5. The molecule has 5 heteroatoms. The standard InChI is InChI=1S/C18H29N3O2/c1-3-9-21-17-8-12-23-13-15(17)16(19-21)4-5-18(22)20-10-6-14(2)7-11-20/h14H,3-13H2,1-2H3. The van der Waals surface area contributed by atoms with Crippen LogP contribution in [0, 0.1) is 5.92 Å². The molecular formula is C18H29N3O2. The zero-order valence-electron chi connectivity index (χ0n) is 14.5. The van der Waals surface area contributed by atoms with E-state index in [4.69, 9.17) is 9.84 Å². The molecule has 0 aromatic carbocycles. The quantitative estimate of drug-likeness (QED) is 0.838. The predicted molar refractivity (Wildman–Crippen MR) is 89.2 cm³/mol. The first-order valence-corrected chi connectivity index (χ1v) is 9.12. The van der Waals surface area contributed by atoms with E-state index in [9.17, 15) is 4.79 Å². The summed E-state index contributed by atoms with van der Waals surface area (Å²) in [6.45, 7) is 8.69. The smallest absolute Gasteiger partial charge is 0.222 e. The maximum Gasteiger partial charge on any atom is 0.222 e. The minimum atomic E-state index is 0.285. The van der Waals surface area contributed by atoms with Gasteiger partial charge in [0.05, 0.1) is 18.9 Å². The molecule has 2 aliphatic rings. The van der Waals surface area contributed by atoms with E-state index in [0.29, 0.717) is 13.0 Å². The first-order valence-electron chi connectivity index (χ1n) is 9.12. The summed E-state index contributed by atoms with van der Waals surface area (Å²) in [6, 6.07) is 0. The summed E-state index contributed by atoms with van der Waals surface area (Å²) in [5.74, 6) is 1.04. The van der Waals surface area contributed by atoms with Crippen molar-refractivity contribution in [3.8, 4) is 0 Å². The molecule has 0 saturated carbocycles. The lowest BCUT2D eigenvalue weighted by Crippen LogP contribution is -2.38. The molecular weight excluding hydrogens is 290 g/mol. The fourth-order valence-corrected chi connectivity index (χ4v) is 3.62. The molecule has 1 aromatic rings. The van der Waals surface area contributed by atoms with Gasteiger partial charge in [0.1, 0.15) is 0 Å². The Balaban J connectivity index is 1.62. The van der Waals surface area contributed by atoms with Crippen LogP contribution in [0.1, 0.15) is 56.5 Å². The van der Waals surface area contributed by atoms with Crippen LogP contribution in [0.25, 0.3) is 0 Å². The van der Waals surface area contributed by atoms with Gasteiger partial charge in [0.2, 0.25) is 5.91 Å². The summed E-state index contributed by atoms with van der Waals surface area (Å²) >= 11 is 0. The van der Waals surface area contributed by atoms with Crippen LogP contribution in [0.2, 0.25) is 0 Å². The summed E-state index contributed by atoms with van der Waals surface area (Å²) in [4.78, 5) is 14.5. The Labute approximate surface area is 139 Å². The van der Waals surface area contributed by atoms with Crippen molar-refractivity contribution < 1.29 is 9.53 Å². The molecule has 0 spiro atoms. The second-order valence-electron chi connectivity index (χ2n) is 6.96. The number of hydrogen-bond donors (Lipinski definition) is 0. The molecule has 3 rings (SSSR count). The van der Waals surface area contributed by atoms with Gasteiger partial charge in [0.25, 0.3) is 0 Å². The number of fused-ring (bicyclic) bond motifs is 1. The van der Waals surface area contributed by atoms with Crippen LogP contribution in [0.4, 0.5) is 0 Å². The lowest BCUT2D eigenvalue weighted by Gasteiger charge is -2.30. The van der Waals surface area contributed by atoms with E-state index < -0.39 is 0 Å². The molecule has 0 N–H and O–H groups in total. The fourth-order valence-electron chi connectivity index (χ4n) is 3.62. The average molecular weight is 319 g/mol. The van der Waals surface area contributed by atoms with E-state index in [1.165, 1.54) is 11.3 Å². The summed E-state index contributed by atoms with van der Waals surface area (Å²) < 4.78 is 7.75. The number of amides is 1. The van der Waals surface area contributed by atoms with Gasteiger partial charge in [-0.05, 0) is 25.2 Å². The number of nitrogens with zero attached hydrogens (tertiary/aromatic N) is 3. The highest BCUT2D eigenvalue weighted by molar-refractivity contribution is 5.76. The van der Waals surface area contributed by atoms with Crippen molar-refractivity contribution in [3.05, 3.63) is 17.0 Å². The Kier molecular flexibility index (Phi) is 5.36. The average Bonchev–Trinajstić information content (AvgIpc) is 2.92. The van der Waals surface area contributed by atoms with Crippen LogP contribution in [0.5, 0.6) is 0 Å². The highest BCUT2D eigenvalue weighted by Gasteiger charge is 2.23. The molecule has 1 saturated heterocycles. The first kappa shape index (κ1) is 16.5. The van der Waals surface area contributed by atoms with Gasteiger partial charge in [-0.15, -0.1) is 0 Å². The van der Waals surface area contributed by atoms with Gasteiger partial charge >= 0.3 is 0 Å². The topological polar surface area (TPSA) is 47.4 Å². The third-order valence-corrected chi connectivity index (χ3v) is 5.13. The highest BCUT2D eigenvalue weighted by atomic mass is 16.5. The van der Waals surface area contributed by atoms with Crippen LogP contribution in [0.15, 0.2) is 0 Å². The Morgan fingerprint density at radius 1 is 1.35 bits per heavy atom. The molecule has 0 unspecified atom stereocenters. The first-order chi connectivity index (χ1) is 11.2. The number of aryl methyl sites for hydroxylation is 2. The third kappa shape index (κ3) is 3.77. The minimum absolute atomic E-state index is 0.285. The fraction of sp³-hybridized carbons (Fsp3) is 0.778. The summed E-state index contributed by atoms with van der Waals surface area (Å²) in [6.07, 6.45) is 5.62. The molecule has 5 nitrogen and oxygen atoms in total. The molecule has 1 amide bonds. The van der Waals surface area contributed by atoms with Crippen molar-refractivity contribution in [2.45, 2.75) is 65.5 Å². The number of carbonyl (C=O) groups excluding carboxylic acids is 1. The van der Waals surface area contributed by atoms with E-state index in [0.717, 1.165) is 70.0 Å². The number of hydrogen-bond acceptors (Lipinski definition) is 3. The second kappa shape index (κ2) is 7.47. The van der Waals surface area contributed by atoms with Crippen molar-refractivity contribution in [2.24, 2.45) is 5.92 Å². The maximum absolute atomic E-state index is 12.4. The van der Waals surface area contributed by atoms with Gasteiger partial charge in [-0.3, -0.25) is 9.48 Å². The van der Waals surface area contributed by atoms with Crippen LogP contribution < -0.4 is 0 Å². The van der Waals surface area contributed by atoms with Gasteiger partial charge in [0, 0.05) is 50.2 Å². The van der Waals surface area contributed by atoms with Crippen molar-refractivity contribution in [1.29, 1.82) is 0 Å². The largest absolute Gasteiger partial charge is 0.376 e. The van der Waals surface area contributed by atoms with Gasteiger partial charge < -0.3 is 9.64 Å². The second-order valence-corrected chi connectivity index (χ2v) is 6.96. The Bertz CT molecular complexity index is 545. The number of carbonyl (C=O) groups is 1. The van der Waals surface area contributed by atoms with Gasteiger partial charge in [-0.1, -0.05) is 13.8 Å². The maximum atomic E-state index is 12.4. The third-order valence-electron chi connectivity index (χ3n) is 5.13. The van der Waals surface area contributed by atoms with Crippen LogP contribution in [0.3, 0.4) is 0 Å². The number of aromatic nitrogens is 2. The lowest BCUT2D eigenvalue weighted by molar-refractivity contribution is -0.132. The normalized spacial score (nSPS) is 19.0. The SMILES string of the molecule is CCCn1nc(CCC(=O)N2CCC(C)CC2)c2c1CCOC2. The molecule has 3 heterocycles. The number of ether oxygens (including phenoxy) is 1. The Morgan fingerprint density at radius 3 is 2.87 bits per heavy atom. The van der Waals surface area contributed by atoms with E-state index >= 15 is 0 Å². The van der Waals surface area contributed by atoms with Crippen molar-refractivity contribution in [3.63, 3.8) is 0 Å². The van der Waals surface area contributed by atoms with Crippen LogP contribution in [-0.4, -0.2) is 40.3 Å². The van der Waals surface area contributed by atoms with E-state index in [1.807, 2.05) is 4.90 Å². The van der Waals surface area contributed by atoms with E-state index in [1.54, 1.807) is 0 Å². The molecule has 0 atom stereocenters. The molecule has 0 bridgehead atoms. The zero-order valence-corrected chi connectivity index (χ0v) is 14.5. The summed E-state index contributed by atoms with van der Waals surface area (Å²) in [5.41, 5.74) is 3.64. The van der Waals surface area contributed by atoms with Crippen molar-refractivity contribution in [1.82, 2.24) is 14.7 Å². The minimum Gasteiger partial charge on any atom is -0.376 e. The van der Waals surface area contributed by atoms with E-state index in [2.05, 4.69) is 18.5 Å². The van der Waals surface area contributed by atoms with Crippen LogP contribution >= 0.6 is 0 Å². The molecule has 128 valence electrons. The van der Waals surface area contributed by atoms with Gasteiger partial charge in [-0.25, -0.2) is 0 Å². The molecule has 2 aliphatic heterocycles. The Hall–Kier alpha value is -1.36. The molecule has 1 aromatic heterocycles. The molecule has 1 fully saturated rings. The number of piperidine rings is 1. The Morgan fingerprint density at radius 2 is 2.13 bits per heavy atom. The van der Waals surface area contributed by atoms with E-state index in [-0.39, 0.29) is 5.91 Å². The van der Waals surface area contributed by atoms with Crippen molar-refractivity contribution in [2.75, 3.05) is 19.7 Å². The van der Waals surface area contributed by atoms with Gasteiger partial charge in [0.15, 0.2) is 0 Å². The highest BCUT2D eigenvalue weighted by Crippen LogP contribution is 2.23. The summed E-state index contributed by atoms with van der Waals surface area (Å²) in [7, 11) is 0. The van der Waals surface area contributed by atoms with Crippen molar-refractivity contribution >= 4 is 5.91 Å². The summed E-state index contributed by atoms with van der Waals surface area (Å²) in [5, 5.41) is 4.78. The zero-order chi connectivity index (χ0) is 16.2.